The second-order valence-electron chi connectivity index (χ2n) is 4.82. The van der Waals surface area contributed by atoms with Gasteiger partial charge in [-0.15, -0.1) is 0 Å². The molecule has 0 aromatic heterocycles. The van der Waals surface area contributed by atoms with Crippen LogP contribution in [0.25, 0.3) is 0 Å². The molecule has 0 aliphatic rings. The standard InChI is InChI=1S/C11H20F2O2S/c1-8(6-16-7-9(12)13)5-10(14)15-11(2,3)4/h8-9H,5-7H2,1-4H3/t8-/m0/s1. The Morgan fingerprint density at radius 3 is 2.31 bits per heavy atom. The van der Waals surface area contributed by atoms with Crippen molar-refractivity contribution in [2.45, 2.75) is 46.1 Å². The highest BCUT2D eigenvalue weighted by molar-refractivity contribution is 7.99. The summed E-state index contributed by atoms with van der Waals surface area (Å²) in [5.74, 6) is 0.193. The van der Waals surface area contributed by atoms with Crippen LogP contribution in [0.5, 0.6) is 0 Å². The Kier molecular flexibility index (Phi) is 6.95. The molecule has 16 heavy (non-hydrogen) atoms. The van der Waals surface area contributed by atoms with Gasteiger partial charge in [0.25, 0.3) is 0 Å². The third kappa shape index (κ3) is 10.2. The molecule has 2 nitrogen and oxygen atoms in total. The van der Waals surface area contributed by atoms with E-state index in [4.69, 9.17) is 4.74 Å². The molecule has 0 bridgehead atoms. The van der Waals surface area contributed by atoms with Gasteiger partial charge in [0.1, 0.15) is 5.60 Å². The number of esters is 1. The highest BCUT2D eigenvalue weighted by Gasteiger charge is 2.18. The maximum absolute atomic E-state index is 11.9. The first-order chi connectivity index (χ1) is 7.20. The Morgan fingerprint density at radius 1 is 1.31 bits per heavy atom. The van der Waals surface area contributed by atoms with E-state index in [2.05, 4.69) is 0 Å². The van der Waals surface area contributed by atoms with Crippen molar-refractivity contribution in [2.75, 3.05) is 11.5 Å². The van der Waals surface area contributed by atoms with E-state index < -0.39 is 12.0 Å². The van der Waals surface area contributed by atoms with Crippen LogP contribution < -0.4 is 0 Å². The van der Waals surface area contributed by atoms with Crippen LogP contribution >= 0.6 is 11.8 Å². The van der Waals surface area contributed by atoms with E-state index in [9.17, 15) is 13.6 Å². The molecule has 0 amide bonds. The monoisotopic (exact) mass is 254 g/mol. The van der Waals surface area contributed by atoms with Crippen LogP contribution in [0.15, 0.2) is 0 Å². The van der Waals surface area contributed by atoms with Gasteiger partial charge in [-0.25, -0.2) is 8.78 Å². The Labute approximate surface area is 100 Å². The largest absolute Gasteiger partial charge is 0.460 e. The molecule has 0 spiro atoms. The molecule has 0 heterocycles. The van der Waals surface area contributed by atoms with Crippen LogP contribution in [-0.2, 0) is 9.53 Å². The number of hydrogen-bond donors (Lipinski definition) is 0. The van der Waals surface area contributed by atoms with Crippen molar-refractivity contribution >= 4 is 17.7 Å². The molecule has 0 radical (unpaired) electrons. The average molecular weight is 254 g/mol. The summed E-state index contributed by atoms with van der Waals surface area (Å²) < 4.78 is 28.9. The molecule has 0 saturated carbocycles. The maximum atomic E-state index is 11.9. The quantitative estimate of drug-likeness (QED) is 0.680. The molecular formula is C11H20F2O2S. The second-order valence-corrected chi connectivity index (χ2v) is 5.90. The molecule has 0 N–H and O–H groups in total. The summed E-state index contributed by atoms with van der Waals surface area (Å²) in [4.78, 5) is 11.4. The summed E-state index contributed by atoms with van der Waals surface area (Å²) in [6.07, 6.45) is -1.99. The lowest BCUT2D eigenvalue weighted by atomic mass is 10.1. The number of carbonyl (C=O) groups excluding carboxylic acids is 1. The summed E-state index contributed by atoms with van der Waals surface area (Å²) in [5.41, 5.74) is -0.479. The molecule has 0 rings (SSSR count). The predicted octanol–water partition coefficient (Wildman–Crippen LogP) is 3.35. The van der Waals surface area contributed by atoms with E-state index in [0.717, 1.165) is 0 Å². The van der Waals surface area contributed by atoms with Gasteiger partial charge >= 0.3 is 5.97 Å². The van der Waals surface area contributed by atoms with Crippen molar-refractivity contribution in [3.8, 4) is 0 Å². The van der Waals surface area contributed by atoms with E-state index in [1.807, 2.05) is 6.92 Å². The predicted molar refractivity (Wildman–Crippen MR) is 63.0 cm³/mol. The number of alkyl halides is 2. The van der Waals surface area contributed by atoms with Gasteiger partial charge in [0.05, 0.1) is 5.75 Å². The van der Waals surface area contributed by atoms with Gasteiger partial charge < -0.3 is 4.74 Å². The van der Waals surface area contributed by atoms with Crippen molar-refractivity contribution in [1.29, 1.82) is 0 Å². The highest BCUT2D eigenvalue weighted by Crippen LogP contribution is 2.16. The van der Waals surface area contributed by atoms with Gasteiger partial charge in [-0.1, -0.05) is 6.92 Å². The summed E-state index contributed by atoms with van der Waals surface area (Å²) in [6, 6.07) is 0. The number of thioether (sulfide) groups is 1. The van der Waals surface area contributed by atoms with Crippen LogP contribution in [0.2, 0.25) is 0 Å². The van der Waals surface area contributed by atoms with Gasteiger partial charge in [0, 0.05) is 6.42 Å². The molecular weight excluding hydrogens is 234 g/mol. The maximum Gasteiger partial charge on any atom is 0.306 e. The Balaban J connectivity index is 3.70. The lowest BCUT2D eigenvalue weighted by Crippen LogP contribution is -2.25. The SMILES string of the molecule is C[C@H](CSCC(F)F)CC(=O)OC(C)(C)C. The van der Waals surface area contributed by atoms with Crippen LogP contribution in [0.1, 0.15) is 34.1 Å². The van der Waals surface area contributed by atoms with Crippen molar-refractivity contribution in [3.05, 3.63) is 0 Å². The zero-order valence-electron chi connectivity index (χ0n) is 10.3. The Hall–Kier alpha value is -0.320. The van der Waals surface area contributed by atoms with E-state index in [1.165, 1.54) is 11.8 Å². The number of rotatable bonds is 6. The molecule has 0 fully saturated rings. The number of hydrogen-bond acceptors (Lipinski definition) is 3. The molecule has 0 aromatic rings. The first-order valence-corrected chi connectivity index (χ1v) is 6.44. The van der Waals surface area contributed by atoms with Crippen molar-refractivity contribution < 1.29 is 18.3 Å². The topological polar surface area (TPSA) is 26.3 Å². The lowest BCUT2D eigenvalue weighted by molar-refractivity contribution is -0.155. The minimum absolute atomic E-state index is 0.0681. The zero-order chi connectivity index (χ0) is 12.8. The molecule has 1 atom stereocenters. The van der Waals surface area contributed by atoms with Gasteiger partial charge in [0.2, 0.25) is 6.43 Å². The minimum atomic E-state index is -2.28. The van der Waals surface area contributed by atoms with Crippen LogP contribution in [0.4, 0.5) is 8.78 Å². The fraction of sp³-hybridized carbons (Fsp3) is 0.909. The Morgan fingerprint density at radius 2 is 1.88 bits per heavy atom. The molecule has 0 aliphatic carbocycles. The minimum Gasteiger partial charge on any atom is -0.460 e. The fourth-order valence-electron chi connectivity index (χ4n) is 1.08. The number of halogens is 2. The molecule has 0 aromatic carbocycles. The number of carbonyl (C=O) groups is 1. The second kappa shape index (κ2) is 7.09. The third-order valence-corrected chi connectivity index (χ3v) is 2.87. The van der Waals surface area contributed by atoms with Gasteiger partial charge in [-0.05, 0) is 32.4 Å². The first-order valence-electron chi connectivity index (χ1n) is 5.28. The van der Waals surface area contributed by atoms with Crippen molar-refractivity contribution in [2.24, 2.45) is 5.92 Å². The fourth-order valence-corrected chi connectivity index (χ4v) is 1.92. The highest BCUT2D eigenvalue weighted by atomic mass is 32.2. The summed E-state index contributed by atoms with van der Waals surface area (Å²) in [5, 5.41) is 0. The first kappa shape index (κ1) is 15.7. The molecule has 96 valence electrons. The third-order valence-electron chi connectivity index (χ3n) is 1.58. The summed E-state index contributed by atoms with van der Waals surface area (Å²) in [6.45, 7) is 7.28. The summed E-state index contributed by atoms with van der Waals surface area (Å²) >= 11 is 1.17. The van der Waals surface area contributed by atoms with E-state index in [1.54, 1.807) is 20.8 Å². The van der Waals surface area contributed by atoms with Gasteiger partial charge in [-0.2, -0.15) is 11.8 Å². The van der Waals surface area contributed by atoms with Crippen molar-refractivity contribution in [3.63, 3.8) is 0 Å². The molecule has 0 aliphatic heterocycles. The van der Waals surface area contributed by atoms with Gasteiger partial charge in [-0.3, -0.25) is 4.79 Å². The molecule has 0 saturated heterocycles. The van der Waals surface area contributed by atoms with E-state index in [0.29, 0.717) is 5.75 Å². The Bertz CT molecular complexity index is 215. The van der Waals surface area contributed by atoms with Crippen LogP contribution in [-0.4, -0.2) is 29.5 Å². The number of ether oxygens (including phenoxy) is 1. The van der Waals surface area contributed by atoms with Crippen molar-refractivity contribution in [1.82, 2.24) is 0 Å². The van der Waals surface area contributed by atoms with Gasteiger partial charge in [0.15, 0.2) is 0 Å². The molecule has 0 unspecified atom stereocenters. The molecule has 5 heteroatoms. The average Bonchev–Trinajstić information content (AvgIpc) is 1.98. The van der Waals surface area contributed by atoms with E-state index in [-0.39, 0.29) is 24.1 Å². The van der Waals surface area contributed by atoms with Crippen LogP contribution in [0, 0.1) is 5.92 Å². The zero-order valence-corrected chi connectivity index (χ0v) is 11.1. The normalized spacial score (nSPS) is 13.9. The van der Waals surface area contributed by atoms with Crippen LogP contribution in [0.3, 0.4) is 0 Å². The smallest absolute Gasteiger partial charge is 0.306 e. The van der Waals surface area contributed by atoms with E-state index >= 15 is 0 Å². The lowest BCUT2D eigenvalue weighted by Gasteiger charge is -2.20. The summed E-state index contributed by atoms with van der Waals surface area (Å²) in [7, 11) is 0.